The number of carbonyl (C=O) groups excluding carboxylic acids is 3. The maximum absolute atomic E-state index is 12.2. The molecule has 0 bridgehead atoms. The summed E-state index contributed by atoms with van der Waals surface area (Å²) in [5.41, 5.74) is 11.1. The lowest BCUT2D eigenvalue weighted by Crippen LogP contribution is -2.22. The molecule has 6 aromatic rings. The van der Waals surface area contributed by atoms with Gasteiger partial charge in [-0.15, -0.1) is 22.7 Å². The van der Waals surface area contributed by atoms with Crippen molar-refractivity contribution in [2.45, 2.75) is 7.43 Å². The summed E-state index contributed by atoms with van der Waals surface area (Å²) in [6.07, 6.45) is 2.31. The first kappa shape index (κ1) is 43.0. The molecule has 4 N–H and O–H groups in total. The monoisotopic (exact) mass is 802 g/mol. The van der Waals surface area contributed by atoms with Crippen LogP contribution in [0.2, 0.25) is 10.0 Å². The molecule has 0 atom stereocenters. The van der Waals surface area contributed by atoms with Crippen LogP contribution in [-0.4, -0.2) is 72.3 Å². The highest BCUT2D eigenvalue weighted by atomic mass is 35.5. The highest BCUT2D eigenvalue weighted by Gasteiger charge is 2.13. The molecule has 0 fully saturated rings. The van der Waals surface area contributed by atoms with Crippen molar-refractivity contribution >= 4 is 80.5 Å². The number of anilines is 2. The minimum absolute atomic E-state index is 0. The highest BCUT2D eigenvalue weighted by Crippen LogP contribution is 2.31. The Morgan fingerprint density at radius 3 is 1.57 bits per heavy atom. The van der Waals surface area contributed by atoms with Gasteiger partial charge in [0.2, 0.25) is 5.13 Å². The summed E-state index contributed by atoms with van der Waals surface area (Å²) in [5, 5.41) is 10.7. The van der Waals surface area contributed by atoms with Crippen LogP contribution in [0, 0.1) is 0 Å². The van der Waals surface area contributed by atoms with E-state index in [2.05, 4.69) is 25.9 Å². The molecular weight excluding hydrogens is 764 g/mol. The maximum Gasteiger partial charge on any atom is 0.254 e. The summed E-state index contributed by atoms with van der Waals surface area (Å²) < 4.78 is 0. The van der Waals surface area contributed by atoms with E-state index in [4.69, 9.17) is 29.0 Å². The fourth-order valence-corrected chi connectivity index (χ4v) is 6.23. The zero-order valence-corrected chi connectivity index (χ0v) is 32.3. The normalized spacial score (nSPS) is 10.1. The van der Waals surface area contributed by atoms with Gasteiger partial charge in [-0.3, -0.25) is 25.2 Å². The third-order valence-corrected chi connectivity index (χ3v) is 9.30. The number of carbonyl (C=O) groups is 3. The molecule has 4 aromatic carbocycles. The number of hydrazone groups is 1. The van der Waals surface area contributed by atoms with Crippen molar-refractivity contribution < 1.29 is 14.4 Å². The largest absolute Gasteiger partial charge is 0.345 e. The highest BCUT2D eigenvalue weighted by molar-refractivity contribution is 7.14. The third-order valence-electron chi connectivity index (χ3n) is 7.12. The molecule has 0 unspecified atom stereocenters. The molecule has 2 aromatic heterocycles. The van der Waals surface area contributed by atoms with E-state index in [-0.39, 0.29) is 19.2 Å². The van der Waals surface area contributed by atoms with E-state index >= 15 is 0 Å². The number of nitrogens with one attached hydrogen (secondary N) is 2. The van der Waals surface area contributed by atoms with Crippen LogP contribution < -0.4 is 16.7 Å². The molecule has 0 aliphatic rings. The van der Waals surface area contributed by atoms with Crippen LogP contribution in [0.3, 0.4) is 0 Å². The van der Waals surface area contributed by atoms with Crippen molar-refractivity contribution in [3.05, 3.63) is 140 Å². The Bertz CT molecular complexity index is 2190. The standard InChI is InChI=1S/C19H17ClN4OS.C10H11NO2.C9H8ClN3S.CH4/c1-24(2)18(25)14-8-4-3-7-13(14)11-21-23-19-22-17(12-26-19)15-9-5-6-10-16(15)20;1-11(2)10(13)9-6-4-3-5-8(9)7-12;10-7-4-2-1-3-6(7)8-5-14-9(12-8)13-11;/h3-12H,1-2H3,(H,22,23);3-7H,1-2H3;1-5H,11H2,(H,12,13);1H4/b21-11+;;;. The molecular formula is C39H40Cl2N8O3S2. The van der Waals surface area contributed by atoms with Gasteiger partial charge in [0.15, 0.2) is 11.4 Å². The Labute approximate surface area is 333 Å². The van der Waals surface area contributed by atoms with Gasteiger partial charge in [-0.25, -0.2) is 15.8 Å². The molecule has 280 valence electrons. The Balaban J connectivity index is 0.000000237. The van der Waals surface area contributed by atoms with Crippen LogP contribution in [0.15, 0.2) is 113 Å². The predicted molar refractivity (Wildman–Crippen MR) is 225 cm³/mol. The van der Waals surface area contributed by atoms with Gasteiger partial charge < -0.3 is 9.80 Å². The van der Waals surface area contributed by atoms with Gasteiger partial charge in [-0.05, 0) is 24.3 Å². The average molecular weight is 804 g/mol. The van der Waals surface area contributed by atoms with Gasteiger partial charge in [-0.1, -0.05) is 103 Å². The van der Waals surface area contributed by atoms with Gasteiger partial charge >= 0.3 is 0 Å². The minimum Gasteiger partial charge on any atom is -0.345 e. The SMILES string of the molecule is C.CN(C)C(=O)c1ccccc1/C=N/Nc1nc(-c2ccccc2Cl)cs1.CN(C)C(=O)c1ccccc1C=O.NNc1nc(-c2ccccc2Cl)cs1. The number of thiazole rings is 2. The first-order valence-electron chi connectivity index (χ1n) is 15.8. The lowest BCUT2D eigenvalue weighted by Gasteiger charge is -2.11. The smallest absolute Gasteiger partial charge is 0.254 e. The summed E-state index contributed by atoms with van der Waals surface area (Å²) in [7, 11) is 6.76. The first-order valence-corrected chi connectivity index (χ1v) is 18.3. The molecule has 11 nitrogen and oxygen atoms in total. The summed E-state index contributed by atoms with van der Waals surface area (Å²) >= 11 is 15.1. The Hall–Kier alpha value is -5.44. The molecule has 0 aliphatic carbocycles. The van der Waals surface area contributed by atoms with Crippen molar-refractivity contribution in [3.63, 3.8) is 0 Å². The van der Waals surface area contributed by atoms with Gasteiger partial charge in [-0.2, -0.15) is 5.10 Å². The van der Waals surface area contributed by atoms with E-state index in [1.807, 2.05) is 77.5 Å². The molecule has 54 heavy (non-hydrogen) atoms. The lowest BCUT2D eigenvalue weighted by atomic mass is 10.1. The fourth-order valence-electron chi connectivity index (χ4n) is 4.49. The number of benzene rings is 4. The second kappa shape index (κ2) is 21.3. The van der Waals surface area contributed by atoms with Gasteiger partial charge in [0.05, 0.1) is 23.2 Å². The van der Waals surface area contributed by atoms with Crippen LogP contribution in [0.5, 0.6) is 0 Å². The fraction of sp³-hybridized carbons (Fsp3) is 0.128. The van der Waals surface area contributed by atoms with Gasteiger partial charge in [0.25, 0.3) is 11.8 Å². The number of rotatable bonds is 9. The number of hydrazine groups is 1. The number of halogens is 2. The first-order chi connectivity index (χ1) is 25.5. The van der Waals surface area contributed by atoms with Crippen LogP contribution in [-0.2, 0) is 0 Å². The van der Waals surface area contributed by atoms with E-state index in [1.165, 1.54) is 32.5 Å². The van der Waals surface area contributed by atoms with E-state index < -0.39 is 0 Å². The van der Waals surface area contributed by atoms with Crippen LogP contribution in [0.25, 0.3) is 22.5 Å². The number of nitrogen functional groups attached to an aromatic ring is 1. The van der Waals surface area contributed by atoms with E-state index in [1.54, 1.807) is 64.7 Å². The van der Waals surface area contributed by atoms with Crippen LogP contribution >= 0.6 is 45.9 Å². The van der Waals surface area contributed by atoms with Gasteiger partial charge in [0, 0.05) is 76.8 Å². The molecule has 0 saturated heterocycles. The minimum atomic E-state index is -0.150. The van der Waals surface area contributed by atoms with Crippen molar-refractivity contribution in [1.29, 1.82) is 0 Å². The number of aromatic nitrogens is 2. The molecule has 6 rings (SSSR count). The van der Waals surface area contributed by atoms with Crippen molar-refractivity contribution in [1.82, 2.24) is 19.8 Å². The Kier molecular flexibility index (Phi) is 17.0. The quantitative estimate of drug-likeness (QED) is 0.0568. The Morgan fingerprint density at radius 2 is 1.11 bits per heavy atom. The number of amides is 2. The molecule has 0 radical (unpaired) electrons. The van der Waals surface area contributed by atoms with E-state index in [9.17, 15) is 14.4 Å². The van der Waals surface area contributed by atoms with Crippen LogP contribution in [0.4, 0.5) is 10.3 Å². The molecule has 0 aliphatic heterocycles. The summed E-state index contributed by atoms with van der Waals surface area (Å²) in [6.45, 7) is 0. The predicted octanol–water partition coefficient (Wildman–Crippen LogP) is 9.20. The molecule has 2 amide bonds. The molecule has 0 saturated carbocycles. The van der Waals surface area contributed by atoms with E-state index in [0.29, 0.717) is 43.3 Å². The maximum atomic E-state index is 12.2. The second-order valence-corrected chi connectivity index (χ2v) is 13.8. The third kappa shape index (κ3) is 11.8. The van der Waals surface area contributed by atoms with Crippen molar-refractivity contribution in [2.24, 2.45) is 10.9 Å². The zero-order valence-electron chi connectivity index (χ0n) is 29.2. The summed E-state index contributed by atoms with van der Waals surface area (Å²) in [6, 6.07) is 29.2. The lowest BCUT2D eigenvalue weighted by molar-refractivity contribution is 0.0819. The number of aldehydes is 1. The topological polar surface area (TPSA) is 146 Å². The number of hydrogen-bond donors (Lipinski definition) is 3. The van der Waals surface area contributed by atoms with Crippen molar-refractivity contribution in [3.8, 4) is 22.5 Å². The Morgan fingerprint density at radius 1 is 0.685 bits per heavy atom. The van der Waals surface area contributed by atoms with Crippen LogP contribution in [0.1, 0.15) is 44.1 Å². The number of nitrogens with two attached hydrogens (primary N) is 1. The van der Waals surface area contributed by atoms with E-state index in [0.717, 1.165) is 28.1 Å². The molecule has 0 spiro atoms. The summed E-state index contributed by atoms with van der Waals surface area (Å²) in [4.78, 5) is 46.0. The van der Waals surface area contributed by atoms with Gasteiger partial charge in [0.1, 0.15) is 0 Å². The van der Waals surface area contributed by atoms with Crippen molar-refractivity contribution in [2.75, 3.05) is 39.0 Å². The molecule has 15 heteroatoms. The number of nitrogens with zero attached hydrogens (tertiary/aromatic N) is 5. The average Bonchev–Trinajstić information content (AvgIpc) is 3.85. The molecule has 2 heterocycles. The second-order valence-electron chi connectivity index (χ2n) is 11.2. The zero-order chi connectivity index (χ0) is 38.3. The number of hydrogen-bond acceptors (Lipinski definition) is 11. The summed E-state index contributed by atoms with van der Waals surface area (Å²) in [5.74, 6) is 5.03.